The van der Waals surface area contributed by atoms with Gasteiger partial charge in [-0.3, -0.25) is 34.3 Å². The summed E-state index contributed by atoms with van der Waals surface area (Å²) in [6.07, 6.45) is 4.76. The molecular formula is C37H54N6O7S. The number of esters is 1. The first-order valence-corrected chi connectivity index (χ1v) is 18.9. The van der Waals surface area contributed by atoms with E-state index < -0.39 is 35.9 Å². The first-order valence-electron chi connectivity index (χ1n) is 18.0. The average molecular weight is 727 g/mol. The summed E-state index contributed by atoms with van der Waals surface area (Å²) in [7, 11) is 3.68. The number of carbonyl (C=O) groups excluding carboxylic acids is 4. The Bertz CT molecular complexity index is 1500. The molecule has 3 amide bonds. The Kier molecular flexibility index (Phi) is 14.5. The maximum Gasteiger partial charge on any atom is 0.306 e. The molecule has 0 radical (unpaired) electrons. The molecule has 0 bridgehead atoms. The summed E-state index contributed by atoms with van der Waals surface area (Å²) in [5.74, 6) is -2.81. The number of hydrazine groups is 1. The summed E-state index contributed by atoms with van der Waals surface area (Å²) in [5.41, 5.74) is 6.79. The molecule has 6 atom stereocenters. The van der Waals surface area contributed by atoms with Crippen LogP contribution in [0.4, 0.5) is 0 Å². The van der Waals surface area contributed by atoms with Crippen LogP contribution in [0.3, 0.4) is 0 Å². The molecule has 1 saturated heterocycles. The highest BCUT2D eigenvalue weighted by Gasteiger charge is 2.42. The predicted molar refractivity (Wildman–Crippen MR) is 194 cm³/mol. The fourth-order valence-electron chi connectivity index (χ4n) is 6.74. The van der Waals surface area contributed by atoms with Gasteiger partial charge in [0, 0.05) is 37.9 Å². The van der Waals surface area contributed by atoms with Crippen molar-refractivity contribution in [1.29, 1.82) is 0 Å². The first kappa shape index (κ1) is 39.9. The van der Waals surface area contributed by atoms with E-state index in [0.29, 0.717) is 11.4 Å². The highest BCUT2D eigenvalue weighted by Crippen LogP contribution is 2.36. The molecule has 51 heavy (non-hydrogen) atoms. The van der Waals surface area contributed by atoms with Crippen LogP contribution in [-0.4, -0.2) is 94.4 Å². The standard InChI is InChI=1S/C37H54N6O7S/c1-22(2)30(43(6)36(47)32(26-15-16-26)39-34(46)29-14-10-11-17-42(29)5)20-31(50-24(4)44)35-38-28(21-51-35)33(45)41-40-27(18-23(3)37(48)49)19-25-12-8-7-9-13-25/h7-9,12-13,21-23,26-27,29-32,40H,10-11,14-20H2,1-6H3,(H,39,46)(H,41,45)(H,48,49)/t23-,27+,29+,30+,31+,32-/m0/s1. The van der Waals surface area contributed by atoms with E-state index in [1.807, 2.05) is 51.2 Å². The maximum atomic E-state index is 14.0. The topological polar surface area (TPSA) is 170 Å². The van der Waals surface area contributed by atoms with Crippen molar-refractivity contribution in [3.8, 4) is 0 Å². The number of thiazole rings is 1. The quantitative estimate of drug-likeness (QED) is 0.130. The largest absolute Gasteiger partial charge is 0.481 e. The third-order valence-electron chi connectivity index (χ3n) is 9.91. The Morgan fingerprint density at radius 2 is 1.76 bits per heavy atom. The Morgan fingerprint density at radius 3 is 2.37 bits per heavy atom. The third-order valence-corrected chi connectivity index (χ3v) is 10.8. The zero-order valence-electron chi connectivity index (χ0n) is 30.6. The zero-order chi connectivity index (χ0) is 37.2. The number of benzene rings is 1. The highest BCUT2D eigenvalue weighted by atomic mass is 32.1. The van der Waals surface area contributed by atoms with Crippen molar-refractivity contribution in [2.75, 3.05) is 20.6 Å². The second-order valence-corrected chi connectivity index (χ2v) is 15.3. The van der Waals surface area contributed by atoms with E-state index in [1.54, 1.807) is 24.3 Å². The Hall–Kier alpha value is -3.88. The number of ether oxygens (including phenoxy) is 1. The number of hydrogen-bond donors (Lipinski definition) is 4. The van der Waals surface area contributed by atoms with Crippen LogP contribution in [0.15, 0.2) is 35.7 Å². The van der Waals surface area contributed by atoms with E-state index in [-0.39, 0.29) is 60.3 Å². The molecule has 1 aliphatic heterocycles. The molecule has 2 heterocycles. The molecule has 13 nitrogen and oxygen atoms in total. The summed E-state index contributed by atoms with van der Waals surface area (Å²) in [6.45, 7) is 7.77. The number of likely N-dealkylation sites (tertiary alicyclic amines) is 1. The number of likely N-dealkylation sites (N-methyl/N-ethyl adjacent to an activating group) is 2. The SMILES string of the molecule is CC(=O)O[C@H](C[C@H](C(C)C)N(C)C(=O)[C@@H](NC(=O)[C@H]1CCCCN1C)C1CC1)c1nc(C(=O)NN[C@@H](Cc2ccccc2)C[C@H](C)C(=O)O)cs1. The lowest BCUT2D eigenvalue weighted by Gasteiger charge is -2.37. The van der Waals surface area contributed by atoms with E-state index in [1.165, 1.54) is 18.3 Å². The molecule has 0 spiro atoms. The van der Waals surface area contributed by atoms with Crippen molar-refractivity contribution >= 4 is 41.0 Å². The van der Waals surface area contributed by atoms with Gasteiger partial charge in [-0.1, -0.05) is 57.5 Å². The van der Waals surface area contributed by atoms with E-state index in [9.17, 15) is 29.1 Å². The van der Waals surface area contributed by atoms with Crippen molar-refractivity contribution in [2.24, 2.45) is 17.8 Å². The van der Waals surface area contributed by atoms with Crippen molar-refractivity contribution < 1.29 is 33.8 Å². The molecular weight excluding hydrogens is 673 g/mol. The minimum Gasteiger partial charge on any atom is -0.481 e. The lowest BCUT2D eigenvalue weighted by atomic mass is 9.95. The van der Waals surface area contributed by atoms with Gasteiger partial charge in [0.05, 0.1) is 12.0 Å². The van der Waals surface area contributed by atoms with E-state index in [0.717, 1.165) is 44.2 Å². The number of nitrogens with zero attached hydrogens (tertiary/aromatic N) is 3. The van der Waals surface area contributed by atoms with Crippen LogP contribution in [-0.2, 0) is 30.3 Å². The zero-order valence-corrected chi connectivity index (χ0v) is 31.4. The van der Waals surface area contributed by atoms with Gasteiger partial charge >= 0.3 is 11.9 Å². The molecule has 0 unspecified atom stereocenters. The van der Waals surface area contributed by atoms with Crippen LogP contribution in [0, 0.1) is 17.8 Å². The lowest BCUT2D eigenvalue weighted by Crippen LogP contribution is -2.56. The van der Waals surface area contributed by atoms with E-state index in [4.69, 9.17) is 4.74 Å². The van der Waals surface area contributed by atoms with Crippen molar-refractivity contribution in [1.82, 2.24) is 31.0 Å². The molecule has 2 aromatic rings. The molecule has 4 N–H and O–H groups in total. The summed E-state index contributed by atoms with van der Waals surface area (Å²) < 4.78 is 5.74. The third kappa shape index (κ3) is 11.6. The smallest absolute Gasteiger partial charge is 0.306 e. The van der Waals surface area contributed by atoms with E-state index >= 15 is 0 Å². The van der Waals surface area contributed by atoms with Crippen molar-refractivity contribution in [2.45, 2.75) is 109 Å². The van der Waals surface area contributed by atoms with Gasteiger partial charge in [-0.25, -0.2) is 10.4 Å². The predicted octanol–water partition coefficient (Wildman–Crippen LogP) is 3.96. The summed E-state index contributed by atoms with van der Waals surface area (Å²) in [6, 6.07) is 7.99. The first-order chi connectivity index (χ1) is 24.2. The number of amides is 3. The number of carboxylic acid groups (broad SMARTS) is 1. The molecule has 2 fully saturated rings. The van der Waals surface area contributed by atoms with Gasteiger partial charge in [0.15, 0.2) is 6.10 Å². The van der Waals surface area contributed by atoms with Gasteiger partial charge in [0.2, 0.25) is 11.8 Å². The van der Waals surface area contributed by atoms with Crippen LogP contribution in [0.1, 0.15) is 99.8 Å². The highest BCUT2D eigenvalue weighted by molar-refractivity contribution is 7.09. The fourth-order valence-corrected chi connectivity index (χ4v) is 7.58. The number of carboxylic acids is 1. The van der Waals surface area contributed by atoms with Crippen LogP contribution < -0.4 is 16.2 Å². The van der Waals surface area contributed by atoms with Gasteiger partial charge < -0.3 is 20.1 Å². The number of aliphatic carboxylic acids is 1. The average Bonchev–Trinajstić information content (AvgIpc) is 3.82. The van der Waals surface area contributed by atoms with Crippen LogP contribution in [0.2, 0.25) is 0 Å². The minimum absolute atomic E-state index is 0.0290. The second kappa shape index (κ2) is 18.6. The van der Waals surface area contributed by atoms with Gasteiger partial charge in [0.25, 0.3) is 5.91 Å². The summed E-state index contributed by atoms with van der Waals surface area (Å²) in [4.78, 5) is 72.7. The molecule has 2 aliphatic rings. The summed E-state index contributed by atoms with van der Waals surface area (Å²) in [5, 5.41) is 14.6. The van der Waals surface area contributed by atoms with Gasteiger partial charge in [-0.05, 0) is 69.5 Å². The minimum atomic E-state index is -0.922. The molecule has 1 aliphatic carbocycles. The summed E-state index contributed by atoms with van der Waals surface area (Å²) >= 11 is 1.18. The number of aromatic nitrogens is 1. The van der Waals surface area contributed by atoms with Crippen molar-refractivity contribution in [3.05, 3.63) is 52.0 Å². The van der Waals surface area contributed by atoms with Crippen LogP contribution in [0.5, 0.6) is 0 Å². The lowest BCUT2D eigenvalue weighted by molar-refractivity contribution is -0.149. The molecule has 14 heteroatoms. The number of rotatable bonds is 18. The molecule has 1 aromatic carbocycles. The van der Waals surface area contributed by atoms with Gasteiger partial charge in [-0.2, -0.15) is 0 Å². The normalized spacial score (nSPS) is 19.3. The Balaban J connectivity index is 1.44. The number of piperidine rings is 1. The van der Waals surface area contributed by atoms with Gasteiger partial charge in [-0.15, -0.1) is 11.3 Å². The Morgan fingerprint density at radius 1 is 1.06 bits per heavy atom. The van der Waals surface area contributed by atoms with E-state index in [2.05, 4.69) is 26.1 Å². The van der Waals surface area contributed by atoms with Crippen LogP contribution >= 0.6 is 11.3 Å². The molecule has 1 aromatic heterocycles. The maximum absolute atomic E-state index is 14.0. The number of carbonyl (C=O) groups is 5. The fraction of sp³-hybridized carbons (Fsp3) is 0.622. The number of hydrogen-bond acceptors (Lipinski definition) is 10. The molecule has 4 rings (SSSR count). The Labute approximate surface area is 304 Å². The molecule has 1 saturated carbocycles. The van der Waals surface area contributed by atoms with Gasteiger partial charge in [0.1, 0.15) is 16.7 Å². The number of nitrogens with one attached hydrogen (secondary N) is 3. The monoisotopic (exact) mass is 726 g/mol. The second-order valence-electron chi connectivity index (χ2n) is 14.4. The van der Waals surface area contributed by atoms with Crippen LogP contribution in [0.25, 0.3) is 0 Å². The molecule has 280 valence electrons. The van der Waals surface area contributed by atoms with Crippen molar-refractivity contribution in [3.63, 3.8) is 0 Å².